The lowest BCUT2D eigenvalue weighted by molar-refractivity contribution is 0.0279. The monoisotopic (exact) mass is 270 g/mol. The van der Waals surface area contributed by atoms with E-state index in [0.29, 0.717) is 22.9 Å². The summed E-state index contributed by atoms with van der Waals surface area (Å²) in [5.41, 5.74) is 0.559. The third kappa shape index (κ3) is 3.47. The van der Waals surface area contributed by atoms with Gasteiger partial charge in [-0.05, 0) is 31.0 Å². The topological polar surface area (TPSA) is 35.5 Å². The Morgan fingerprint density at radius 2 is 2.06 bits per heavy atom. The molecule has 0 bridgehead atoms. The van der Waals surface area contributed by atoms with Crippen LogP contribution in [0.15, 0.2) is 18.2 Å². The molecule has 0 aliphatic carbocycles. The Bertz CT molecular complexity index is 416. The van der Waals surface area contributed by atoms with Crippen molar-refractivity contribution >= 4 is 17.4 Å². The van der Waals surface area contributed by atoms with Gasteiger partial charge in [0.15, 0.2) is 5.78 Å². The standard InChI is InChI=1S/C14H19ClO3/c1-5-18-14(9(2)3)13(16)10-6-7-11(15)12(8-10)17-4/h6-9,14H,5H2,1-4H3. The molecule has 0 spiro atoms. The first-order chi connectivity index (χ1) is 8.51. The van der Waals surface area contributed by atoms with Crippen LogP contribution in [0.2, 0.25) is 5.02 Å². The van der Waals surface area contributed by atoms with E-state index < -0.39 is 6.10 Å². The van der Waals surface area contributed by atoms with E-state index in [1.807, 2.05) is 20.8 Å². The second-order valence-electron chi connectivity index (χ2n) is 4.33. The van der Waals surface area contributed by atoms with Crippen molar-refractivity contribution in [2.45, 2.75) is 26.9 Å². The normalized spacial score (nSPS) is 12.6. The van der Waals surface area contributed by atoms with Crippen LogP contribution in [0.1, 0.15) is 31.1 Å². The predicted molar refractivity (Wildman–Crippen MR) is 72.6 cm³/mol. The first kappa shape index (κ1) is 15.0. The van der Waals surface area contributed by atoms with Gasteiger partial charge in [-0.3, -0.25) is 4.79 Å². The number of carbonyl (C=O) groups is 1. The highest BCUT2D eigenvalue weighted by Gasteiger charge is 2.24. The Morgan fingerprint density at radius 3 is 2.56 bits per heavy atom. The smallest absolute Gasteiger partial charge is 0.191 e. The molecule has 0 fully saturated rings. The van der Waals surface area contributed by atoms with Crippen LogP contribution in [0.4, 0.5) is 0 Å². The molecule has 0 radical (unpaired) electrons. The lowest BCUT2D eigenvalue weighted by Gasteiger charge is -2.19. The summed E-state index contributed by atoms with van der Waals surface area (Å²) in [5, 5.41) is 0.492. The molecule has 1 rings (SSSR count). The average molecular weight is 271 g/mol. The SMILES string of the molecule is CCOC(C(=O)c1ccc(Cl)c(OC)c1)C(C)C. The van der Waals surface area contributed by atoms with Crippen LogP contribution in [0.25, 0.3) is 0 Å². The molecule has 1 aromatic rings. The summed E-state index contributed by atoms with van der Waals surface area (Å²) < 4.78 is 10.6. The molecule has 100 valence electrons. The van der Waals surface area contributed by atoms with E-state index >= 15 is 0 Å². The Labute approximate surface area is 113 Å². The van der Waals surface area contributed by atoms with Crippen molar-refractivity contribution in [2.24, 2.45) is 5.92 Å². The quantitative estimate of drug-likeness (QED) is 0.741. The van der Waals surface area contributed by atoms with E-state index in [4.69, 9.17) is 21.1 Å². The van der Waals surface area contributed by atoms with Gasteiger partial charge in [0.25, 0.3) is 0 Å². The van der Waals surface area contributed by atoms with Crippen LogP contribution in [0, 0.1) is 5.92 Å². The highest BCUT2D eigenvalue weighted by Crippen LogP contribution is 2.26. The number of ether oxygens (including phenoxy) is 2. The molecule has 0 saturated carbocycles. The van der Waals surface area contributed by atoms with Gasteiger partial charge in [0.05, 0.1) is 12.1 Å². The van der Waals surface area contributed by atoms with Crippen molar-refractivity contribution in [3.05, 3.63) is 28.8 Å². The second-order valence-corrected chi connectivity index (χ2v) is 4.74. The van der Waals surface area contributed by atoms with Crippen molar-refractivity contribution < 1.29 is 14.3 Å². The van der Waals surface area contributed by atoms with E-state index in [2.05, 4.69) is 0 Å². The molecule has 4 heteroatoms. The number of rotatable bonds is 6. The lowest BCUT2D eigenvalue weighted by Crippen LogP contribution is -2.29. The molecule has 0 N–H and O–H groups in total. The summed E-state index contributed by atoms with van der Waals surface area (Å²) in [6.45, 7) is 6.32. The van der Waals surface area contributed by atoms with Gasteiger partial charge in [-0.15, -0.1) is 0 Å². The maximum absolute atomic E-state index is 12.3. The van der Waals surface area contributed by atoms with Crippen LogP contribution >= 0.6 is 11.6 Å². The number of benzene rings is 1. The number of methoxy groups -OCH3 is 1. The van der Waals surface area contributed by atoms with Gasteiger partial charge in [0.1, 0.15) is 11.9 Å². The third-order valence-electron chi connectivity index (χ3n) is 2.65. The molecule has 1 unspecified atom stereocenters. The summed E-state index contributed by atoms with van der Waals surface area (Å²) in [5.74, 6) is 0.586. The van der Waals surface area contributed by atoms with Crippen molar-refractivity contribution in [1.82, 2.24) is 0 Å². The molecule has 0 aliphatic rings. The Morgan fingerprint density at radius 1 is 1.39 bits per heavy atom. The summed E-state index contributed by atoms with van der Waals surface area (Å²) in [7, 11) is 1.53. The van der Waals surface area contributed by atoms with Gasteiger partial charge in [-0.25, -0.2) is 0 Å². The Hall–Kier alpha value is -1.06. The highest BCUT2D eigenvalue weighted by atomic mass is 35.5. The zero-order valence-corrected chi connectivity index (χ0v) is 12.0. The minimum absolute atomic E-state index is 0.0400. The number of hydrogen-bond donors (Lipinski definition) is 0. The minimum atomic E-state index is -0.430. The van der Waals surface area contributed by atoms with Crippen LogP contribution in [-0.4, -0.2) is 25.6 Å². The molecular weight excluding hydrogens is 252 g/mol. The number of hydrogen-bond acceptors (Lipinski definition) is 3. The summed E-state index contributed by atoms with van der Waals surface area (Å²) >= 11 is 5.94. The average Bonchev–Trinajstić information content (AvgIpc) is 2.35. The maximum Gasteiger partial charge on any atom is 0.191 e. The summed E-state index contributed by atoms with van der Waals surface area (Å²) in [4.78, 5) is 12.3. The van der Waals surface area contributed by atoms with Gasteiger partial charge in [-0.2, -0.15) is 0 Å². The van der Waals surface area contributed by atoms with Crippen molar-refractivity contribution in [2.75, 3.05) is 13.7 Å². The van der Waals surface area contributed by atoms with Crippen molar-refractivity contribution in [1.29, 1.82) is 0 Å². The van der Waals surface area contributed by atoms with Crippen LogP contribution in [0.5, 0.6) is 5.75 Å². The molecule has 0 aliphatic heterocycles. The number of ketones is 1. The van der Waals surface area contributed by atoms with E-state index in [9.17, 15) is 4.79 Å². The lowest BCUT2D eigenvalue weighted by atomic mass is 9.97. The zero-order valence-electron chi connectivity index (χ0n) is 11.2. The number of halogens is 1. The number of Topliss-reactive ketones (excluding diaryl/α,β-unsaturated/α-hetero) is 1. The zero-order chi connectivity index (χ0) is 13.7. The molecule has 1 aromatic carbocycles. The van der Waals surface area contributed by atoms with E-state index in [0.717, 1.165) is 0 Å². The van der Waals surface area contributed by atoms with E-state index in [1.165, 1.54) is 7.11 Å². The maximum atomic E-state index is 12.3. The molecule has 0 heterocycles. The Kier molecular flexibility index (Phi) is 5.63. The highest BCUT2D eigenvalue weighted by molar-refractivity contribution is 6.32. The first-order valence-electron chi connectivity index (χ1n) is 6.00. The van der Waals surface area contributed by atoms with Crippen LogP contribution < -0.4 is 4.74 Å². The molecule has 3 nitrogen and oxygen atoms in total. The van der Waals surface area contributed by atoms with Gasteiger partial charge in [0.2, 0.25) is 0 Å². The van der Waals surface area contributed by atoms with Crippen LogP contribution in [0.3, 0.4) is 0 Å². The largest absolute Gasteiger partial charge is 0.495 e. The molecule has 18 heavy (non-hydrogen) atoms. The molecule has 0 aromatic heterocycles. The van der Waals surface area contributed by atoms with E-state index in [1.54, 1.807) is 18.2 Å². The summed E-state index contributed by atoms with van der Waals surface area (Å²) in [6, 6.07) is 5.01. The fraction of sp³-hybridized carbons (Fsp3) is 0.500. The fourth-order valence-corrected chi connectivity index (χ4v) is 1.92. The first-order valence-corrected chi connectivity index (χ1v) is 6.38. The van der Waals surface area contributed by atoms with Gasteiger partial charge in [0, 0.05) is 12.2 Å². The summed E-state index contributed by atoms with van der Waals surface area (Å²) in [6.07, 6.45) is -0.430. The fourth-order valence-electron chi connectivity index (χ4n) is 1.73. The van der Waals surface area contributed by atoms with Crippen molar-refractivity contribution in [3.63, 3.8) is 0 Å². The third-order valence-corrected chi connectivity index (χ3v) is 2.96. The molecule has 0 amide bonds. The van der Waals surface area contributed by atoms with Crippen molar-refractivity contribution in [3.8, 4) is 5.75 Å². The molecule has 1 atom stereocenters. The minimum Gasteiger partial charge on any atom is -0.495 e. The number of carbonyl (C=O) groups excluding carboxylic acids is 1. The van der Waals surface area contributed by atoms with Gasteiger partial charge < -0.3 is 9.47 Å². The van der Waals surface area contributed by atoms with Gasteiger partial charge >= 0.3 is 0 Å². The van der Waals surface area contributed by atoms with Crippen LogP contribution in [-0.2, 0) is 4.74 Å². The predicted octanol–water partition coefficient (Wildman–Crippen LogP) is 3.59. The van der Waals surface area contributed by atoms with Gasteiger partial charge in [-0.1, -0.05) is 25.4 Å². The Balaban J connectivity index is 3.01. The second kappa shape index (κ2) is 6.76. The van der Waals surface area contributed by atoms with E-state index in [-0.39, 0.29) is 11.7 Å². The molecular formula is C14H19ClO3. The molecule has 0 saturated heterocycles.